The fraction of sp³-hybridized carbons (Fsp3) is 0.417. The average molecular weight is 236 g/mol. The summed E-state index contributed by atoms with van der Waals surface area (Å²) < 4.78 is 0. The molecule has 1 aliphatic rings. The number of hydrogen-bond donors (Lipinski definition) is 2. The van der Waals surface area contributed by atoms with E-state index in [1.807, 2.05) is 26.0 Å². The summed E-state index contributed by atoms with van der Waals surface area (Å²) in [6.07, 6.45) is 0.520. The molecule has 1 unspecified atom stereocenters. The van der Waals surface area contributed by atoms with E-state index in [4.69, 9.17) is 5.73 Å². The van der Waals surface area contributed by atoms with Gasteiger partial charge in [-0.25, -0.2) is 0 Å². The van der Waals surface area contributed by atoms with Gasteiger partial charge in [-0.1, -0.05) is 0 Å². The molecular formula is C12H16N2OS. The van der Waals surface area contributed by atoms with Crippen molar-refractivity contribution in [2.24, 2.45) is 0 Å². The summed E-state index contributed by atoms with van der Waals surface area (Å²) in [5, 5.41) is 0.143. The van der Waals surface area contributed by atoms with Crippen LogP contribution in [0, 0.1) is 13.8 Å². The maximum atomic E-state index is 11.8. The van der Waals surface area contributed by atoms with Gasteiger partial charge in [-0.3, -0.25) is 4.79 Å². The van der Waals surface area contributed by atoms with Gasteiger partial charge in [0, 0.05) is 29.6 Å². The van der Waals surface area contributed by atoms with E-state index in [1.165, 1.54) is 0 Å². The Bertz CT molecular complexity index is 445. The fourth-order valence-corrected chi connectivity index (χ4v) is 2.36. The Hall–Kier alpha value is -1.16. The summed E-state index contributed by atoms with van der Waals surface area (Å²) in [5.41, 5.74) is 9.62. The normalized spacial score (nSPS) is 20.6. The van der Waals surface area contributed by atoms with Gasteiger partial charge in [0.25, 0.3) is 0 Å². The predicted molar refractivity (Wildman–Crippen MR) is 70.1 cm³/mol. The molecule has 1 aromatic rings. The van der Waals surface area contributed by atoms with Gasteiger partial charge in [0.1, 0.15) is 0 Å². The number of nitrogens with two attached hydrogens (primary N) is 1. The molecule has 1 saturated heterocycles. The van der Waals surface area contributed by atoms with Crippen LogP contribution < -0.4 is 10.6 Å². The van der Waals surface area contributed by atoms with Gasteiger partial charge in [0.2, 0.25) is 5.91 Å². The molecule has 1 atom stereocenters. The van der Waals surface area contributed by atoms with Crippen molar-refractivity contribution >= 4 is 29.9 Å². The molecule has 2 rings (SSSR count). The molecule has 1 heterocycles. The highest BCUT2D eigenvalue weighted by Crippen LogP contribution is 2.30. The molecule has 2 N–H and O–H groups in total. The van der Waals surface area contributed by atoms with Crippen molar-refractivity contribution in [2.75, 3.05) is 17.2 Å². The molecule has 0 bridgehead atoms. The van der Waals surface area contributed by atoms with Crippen molar-refractivity contribution in [3.8, 4) is 0 Å². The largest absolute Gasteiger partial charge is 0.399 e. The van der Waals surface area contributed by atoms with Gasteiger partial charge in [-0.05, 0) is 37.1 Å². The zero-order valence-electron chi connectivity index (χ0n) is 9.53. The lowest BCUT2D eigenvalue weighted by molar-refractivity contribution is -0.117. The molecule has 0 spiro atoms. The Kier molecular flexibility index (Phi) is 2.84. The van der Waals surface area contributed by atoms with Crippen LogP contribution in [-0.4, -0.2) is 17.7 Å². The minimum atomic E-state index is 0.143. The third kappa shape index (κ3) is 1.89. The van der Waals surface area contributed by atoms with E-state index in [1.54, 1.807) is 4.90 Å². The van der Waals surface area contributed by atoms with Crippen LogP contribution in [0.2, 0.25) is 0 Å². The molecule has 3 nitrogen and oxygen atoms in total. The average Bonchev–Trinajstić information content (AvgIpc) is 2.51. The molecular weight excluding hydrogens is 220 g/mol. The number of benzene rings is 1. The number of carbonyl (C=O) groups is 1. The van der Waals surface area contributed by atoms with Crippen molar-refractivity contribution < 1.29 is 4.79 Å². The first kappa shape index (κ1) is 11.3. The van der Waals surface area contributed by atoms with Crippen molar-refractivity contribution in [1.82, 2.24) is 0 Å². The summed E-state index contributed by atoms with van der Waals surface area (Å²) >= 11 is 4.35. The van der Waals surface area contributed by atoms with Crippen molar-refractivity contribution in [3.05, 3.63) is 23.3 Å². The Labute approximate surface area is 101 Å². The molecule has 1 fully saturated rings. The topological polar surface area (TPSA) is 46.3 Å². The van der Waals surface area contributed by atoms with Crippen LogP contribution in [0.5, 0.6) is 0 Å². The third-order valence-corrected chi connectivity index (χ3v) is 3.33. The molecule has 0 aromatic heterocycles. The number of rotatable bonds is 1. The summed E-state index contributed by atoms with van der Waals surface area (Å²) in [6.45, 7) is 4.62. The van der Waals surface area contributed by atoms with E-state index >= 15 is 0 Å². The van der Waals surface area contributed by atoms with E-state index in [9.17, 15) is 4.79 Å². The summed E-state index contributed by atoms with van der Waals surface area (Å²) in [6, 6.07) is 3.90. The molecule has 1 amide bonds. The van der Waals surface area contributed by atoms with Gasteiger partial charge in [-0.2, -0.15) is 12.6 Å². The third-order valence-electron chi connectivity index (χ3n) is 2.98. The summed E-state index contributed by atoms with van der Waals surface area (Å²) in [4.78, 5) is 13.6. The lowest BCUT2D eigenvalue weighted by Gasteiger charge is -2.20. The van der Waals surface area contributed by atoms with Crippen LogP contribution >= 0.6 is 12.6 Å². The smallest absolute Gasteiger partial charge is 0.228 e. The Balaban J connectivity index is 2.41. The second-order valence-electron chi connectivity index (χ2n) is 4.36. The van der Waals surface area contributed by atoms with Gasteiger partial charge in [-0.15, -0.1) is 0 Å². The van der Waals surface area contributed by atoms with E-state index in [2.05, 4.69) is 12.6 Å². The van der Waals surface area contributed by atoms with Gasteiger partial charge in [0.15, 0.2) is 0 Å². The maximum Gasteiger partial charge on any atom is 0.228 e. The molecule has 4 heteroatoms. The molecule has 0 aliphatic carbocycles. The molecule has 0 radical (unpaired) electrons. The molecule has 1 aromatic carbocycles. The molecule has 16 heavy (non-hydrogen) atoms. The summed E-state index contributed by atoms with van der Waals surface area (Å²) in [5.74, 6) is 0.146. The Morgan fingerprint density at radius 2 is 2.06 bits per heavy atom. The monoisotopic (exact) mass is 236 g/mol. The standard InChI is InChI=1S/C12H16N2OS/c1-7-4-11(8(2)3-10(7)13)14-6-9(16)5-12(14)15/h3-4,9,16H,5-6,13H2,1-2H3. The molecule has 86 valence electrons. The van der Waals surface area contributed by atoms with Crippen LogP contribution in [0.4, 0.5) is 11.4 Å². The molecule has 1 aliphatic heterocycles. The van der Waals surface area contributed by atoms with Crippen LogP contribution in [-0.2, 0) is 4.79 Å². The second-order valence-corrected chi connectivity index (χ2v) is 5.09. The highest BCUT2D eigenvalue weighted by molar-refractivity contribution is 7.81. The molecule has 0 saturated carbocycles. The van der Waals surface area contributed by atoms with Crippen LogP contribution in [0.1, 0.15) is 17.5 Å². The van der Waals surface area contributed by atoms with Gasteiger partial charge < -0.3 is 10.6 Å². The lowest BCUT2D eigenvalue weighted by Crippen LogP contribution is -2.25. The summed E-state index contributed by atoms with van der Waals surface area (Å²) in [7, 11) is 0. The number of nitrogens with zero attached hydrogens (tertiary/aromatic N) is 1. The number of carbonyl (C=O) groups excluding carboxylic acids is 1. The lowest BCUT2D eigenvalue weighted by atomic mass is 10.1. The first-order valence-electron chi connectivity index (χ1n) is 5.34. The van der Waals surface area contributed by atoms with Crippen LogP contribution in [0.15, 0.2) is 12.1 Å². The number of hydrogen-bond acceptors (Lipinski definition) is 3. The van der Waals surface area contributed by atoms with Gasteiger partial charge >= 0.3 is 0 Å². The number of thiol groups is 1. The second kappa shape index (κ2) is 4.01. The zero-order chi connectivity index (χ0) is 11.9. The van der Waals surface area contributed by atoms with Crippen LogP contribution in [0.3, 0.4) is 0 Å². The Morgan fingerprint density at radius 1 is 1.38 bits per heavy atom. The zero-order valence-corrected chi connectivity index (χ0v) is 10.4. The SMILES string of the molecule is Cc1cc(N2CC(S)CC2=O)c(C)cc1N. The van der Waals surface area contributed by atoms with Crippen molar-refractivity contribution in [3.63, 3.8) is 0 Å². The van der Waals surface area contributed by atoms with Gasteiger partial charge in [0.05, 0.1) is 0 Å². The highest BCUT2D eigenvalue weighted by Gasteiger charge is 2.29. The highest BCUT2D eigenvalue weighted by atomic mass is 32.1. The minimum Gasteiger partial charge on any atom is -0.399 e. The number of amides is 1. The van der Waals surface area contributed by atoms with E-state index < -0.39 is 0 Å². The number of aryl methyl sites for hydroxylation is 2. The van der Waals surface area contributed by atoms with Crippen molar-refractivity contribution in [1.29, 1.82) is 0 Å². The minimum absolute atomic E-state index is 0.143. The maximum absolute atomic E-state index is 11.8. The quantitative estimate of drug-likeness (QED) is 0.578. The van der Waals surface area contributed by atoms with E-state index in [0.29, 0.717) is 13.0 Å². The van der Waals surface area contributed by atoms with Crippen LogP contribution in [0.25, 0.3) is 0 Å². The van der Waals surface area contributed by atoms with E-state index in [0.717, 1.165) is 22.5 Å². The fourth-order valence-electron chi connectivity index (χ4n) is 2.04. The van der Waals surface area contributed by atoms with E-state index in [-0.39, 0.29) is 11.2 Å². The first-order chi connectivity index (χ1) is 7.49. The van der Waals surface area contributed by atoms with Crippen molar-refractivity contribution in [2.45, 2.75) is 25.5 Å². The number of anilines is 2. The number of nitrogen functional groups attached to an aromatic ring is 1. The predicted octanol–water partition coefficient (Wildman–Crippen LogP) is 1.92. The Morgan fingerprint density at radius 3 is 2.62 bits per heavy atom. The first-order valence-corrected chi connectivity index (χ1v) is 5.86.